The van der Waals surface area contributed by atoms with Gasteiger partial charge in [0.2, 0.25) is 5.95 Å². The Labute approximate surface area is 162 Å². The number of nitrogen functional groups attached to an aromatic ring is 1. The molecule has 1 saturated carbocycles. The summed E-state index contributed by atoms with van der Waals surface area (Å²) >= 11 is 6.16. The first-order valence-electron chi connectivity index (χ1n) is 9.02. The quantitative estimate of drug-likeness (QED) is 0.667. The smallest absolute Gasteiger partial charge is 0.259 e. The molecule has 3 N–H and O–H groups in total. The minimum Gasteiger partial charge on any atom is -0.393 e. The van der Waals surface area contributed by atoms with Crippen LogP contribution in [0, 0.1) is 0 Å². The van der Waals surface area contributed by atoms with E-state index in [0.717, 1.165) is 18.2 Å². The van der Waals surface area contributed by atoms with Gasteiger partial charge in [-0.3, -0.25) is 9.36 Å². The number of aliphatic hydroxyl groups excluding tert-OH is 1. The molecule has 4 rings (SSSR count). The summed E-state index contributed by atoms with van der Waals surface area (Å²) in [4.78, 5) is 20.5. The fraction of sp³-hybridized carbons (Fsp3) is 0.350. The van der Waals surface area contributed by atoms with Gasteiger partial charge in [-0.05, 0) is 25.0 Å². The molecule has 1 aliphatic rings. The van der Waals surface area contributed by atoms with Gasteiger partial charge in [0.1, 0.15) is 5.65 Å². The fourth-order valence-electron chi connectivity index (χ4n) is 3.21. The van der Waals surface area contributed by atoms with Crippen molar-refractivity contribution in [2.75, 3.05) is 5.73 Å². The maximum atomic E-state index is 12.4. The second kappa shape index (κ2) is 8.50. The Kier molecular flexibility index (Phi) is 6.08. The number of nitrogens with two attached hydrogens (primary N) is 1. The van der Waals surface area contributed by atoms with Crippen LogP contribution in [0.15, 0.2) is 41.3 Å². The number of rotatable bonds is 1. The third-order valence-corrected chi connectivity index (χ3v) is 5.04. The average molecular weight is 387 g/mol. The normalized spacial score (nSPS) is 14.6. The van der Waals surface area contributed by atoms with Crippen molar-refractivity contribution >= 4 is 28.6 Å². The van der Waals surface area contributed by atoms with E-state index in [4.69, 9.17) is 22.4 Å². The van der Waals surface area contributed by atoms with Crippen molar-refractivity contribution < 1.29 is 5.11 Å². The van der Waals surface area contributed by atoms with Crippen LogP contribution in [0.2, 0.25) is 5.02 Å². The highest BCUT2D eigenvalue weighted by molar-refractivity contribution is 6.33. The largest absolute Gasteiger partial charge is 0.393 e. The summed E-state index contributed by atoms with van der Waals surface area (Å²) in [7, 11) is 1.65. The highest BCUT2D eigenvalue weighted by atomic mass is 35.5. The molecule has 1 fully saturated rings. The predicted octanol–water partition coefficient (Wildman–Crippen LogP) is 3.54. The monoisotopic (exact) mass is 386 g/mol. The number of aromatic nitrogens is 3. The molecule has 0 aliphatic heterocycles. The van der Waals surface area contributed by atoms with Crippen LogP contribution < -0.4 is 11.3 Å². The van der Waals surface area contributed by atoms with E-state index in [2.05, 4.69) is 9.97 Å². The summed E-state index contributed by atoms with van der Waals surface area (Å²) in [6.45, 7) is 0. The van der Waals surface area contributed by atoms with E-state index in [1.165, 1.54) is 23.8 Å². The zero-order chi connectivity index (χ0) is 19.4. The second-order valence-electron chi connectivity index (χ2n) is 6.70. The maximum Gasteiger partial charge on any atom is 0.259 e. The summed E-state index contributed by atoms with van der Waals surface area (Å²) in [5.74, 6) is 0.137. The number of fused-ring (bicyclic) bond motifs is 1. The fourth-order valence-corrected chi connectivity index (χ4v) is 3.45. The van der Waals surface area contributed by atoms with Crippen LogP contribution in [0.3, 0.4) is 0 Å². The number of nitrogens with zero attached hydrogens (tertiary/aromatic N) is 3. The van der Waals surface area contributed by atoms with Gasteiger partial charge in [-0.15, -0.1) is 0 Å². The summed E-state index contributed by atoms with van der Waals surface area (Å²) < 4.78 is 1.45. The van der Waals surface area contributed by atoms with Crippen LogP contribution >= 0.6 is 11.6 Å². The van der Waals surface area contributed by atoms with Crippen molar-refractivity contribution in [2.24, 2.45) is 7.05 Å². The molecule has 0 spiro atoms. The molecule has 3 aromatic rings. The van der Waals surface area contributed by atoms with Crippen LogP contribution in [-0.2, 0) is 7.05 Å². The zero-order valence-corrected chi connectivity index (χ0v) is 16.0. The Morgan fingerprint density at radius 3 is 2.52 bits per heavy atom. The first-order valence-corrected chi connectivity index (χ1v) is 9.40. The van der Waals surface area contributed by atoms with Crippen LogP contribution in [0.1, 0.15) is 32.1 Å². The molecule has 2 aromatic heterocycles. The van der Waals surface area contributed by atoms with E-state index in [9.17, 15) is 4.79 Å². The molecular formula is C20H23ClN4O2. The third kappa shape index (κ3) is 4.46. The zero-order valence-electron chi connectivity index (χ0n) is 15.2. The number of halogens is 1. The lowest BCUT2D eigenvalue weighted by molar-refractivity contribution is 0.130. The molecule has 0 saturated heterocycles. The summed E-state index contributed by atoms with van der Waals surface area (Å²) in [6, 6.07) is 8.95. The van der Waals surface area contributed by atoms with Crippen molar-refractivity contribution in [3.8, 4) is 11.1 Å². The van der Waals surface area contributed by atoms with Crippen molar-refractivity contribution in [2.45, 2.75) is 38.2 Å². The Morgan fingerprint density at radius 2 is 1.89 bits per heavy atom. The van der Waals surface area contributed by atoms with Crippen LogP contribution in [-0.4, -0.2) is 25.7 Å². The molecule has 142 valence electrons. The minimum atomic E-state index is -0.177. The van der Waals surface area contributed by atoms with Gasteiger partial charge in [0.05, 0.1) is 6.10 Å². The number of aliphatic hydroxyl groups is 1. The summed E-state index contributed by atoms with van der Waals surface area (Å²) in [5.41, 5.74) is 7.08. The standard InChI is InChI=1S/C14H11ClN4O.C6H12O/c1-19-12-8(7-17-14(16)18-12)6-10(13(19)20)9-4-2-3-5-11(9)15;7-6-4-2-1-3-5-6/h2-7H,1H3,(H2,16,17,18);6-7H,1-5H2. The summed E-state index contributed by atoms with van der Waals surface area (Å²) in [6.07, 6.45) is 7.52. The molecule has 0 bridgehead atoms. The maximum absolute atomic E-state index is 12.4. The molecular weight excluding hydrogens is 364 g/mol. The molecule has 27 heavy (non-hydrogen) atoms. The highest BCUT2D eigenvalue weighted by Crippen LogP contribution is 2.26. The summed E-state index contributed by atoms with van der Waals surface area (Å²) in [5, 5.41) is 10.2. The van der Waals surface area contributed by atoms with E-state index in [1.807, 2.05) is 18.2 Å². The number of benzene rings is 1. The highest BCUT2D eigenvalue weighted by Gasteiger charge is 2.12. The lowest BCUT2D eigenvalue weighted by Crippen LogP contribution is -2.20. The Bertz CT molecular complexity index is 997. The van der Waals surface area contributed by atoms with Crippen LogP contribution in [0.5, 0.6) is 0 Å². The van der Waals surface area contributed by atoms with E-state index in [1.54, 1.807) is 25.4 Å². The van der Waals surface area contributed by atoms with Gasteiger partial charge >= 0.3 is 0 Å². The Hall–Kier alpha value is -2.44. The SMILES string of the molecule is Cn1c(=O)c(-c2ccccc2Cl)cc2cnc(N)nc21.OC1CCCCC1. The number of aryl methyl sites for hydroxylation is 1. The van der Waals surface area contributed by atoms with Crippen molar-refractivity contribution in [1.82, 2.24) is 14.5 Å². The Balaban J connectivity index is 0.000000253. The molecule has 1 aliphatic carbocycles. The molecule has 7 heteroatoms. The molecule has 6 nitrogen and oxygen atoms in total. The van der Waals surface area contributed by atoms with E-state index < -0.39 is 0 Å². The second-order valence-corrected chi connectivity index (χ2v) is 7.11. The van der Waals surface area contributed by atoms with Crippen LogP contribution in [0.4, 0.5) is 5.95 Å². The number of anilines is 1. The molecule has 0 radical (unpaired) electrons. The third-order valence-electron chi connectivity index (χ3n) is 4.71. The van der Waals surface area contributed by atoms with Gasteiger partial charge < -0.3 is 10.8 Å². The lowest BCUT2D eigenvalue weighted by atomic mass is 9.98. The van der Waals surface area contributed by atoms with E-state index in [0.29, 0.717) is 21.8 Å². The first kappa shape index (κ1) is 19.3. The minimum absolute atomic E-state index is 0.0359. The average Bonchev–Trinajstić information content (AvgIpc) is 2.67. The predicted molar refractivity (Wildman–Crippen MR) is 109 cm³/mol. The number of hydrogen-bond donors (Lipinski definition) is 2. The van der Waals surface area contributed by atoms with Crippen molar-refractivity contribution in [3.05, 3.63) is 51.9 Å². The molecule has 2 heterocycles. The number of pyridine rings is 1. The van der Waals surface area contributed by atoms with Gasteiger partial charge in [-0.1, -0.05) is 49.1 Å². The van der Waals surface area contributed by atoms with Gasteiger partial charge in [0.15, 0.2) is 0 Å². The van der Waals surface area contributed by atoms with Gasteiger partial charge in [-0.2, -0.15) is 4.98 Å². The molecule has 0 unspecified atom stereocenters. The Morgan fingerprint density at radius 1 is 1.19 bits per heavy atom. The lowest BCUT2D eigenvalue weighted by Gasteiger charge is -2.14. The topological polar surface area (TPSA) is 94.0 Å². The van der Waals surface area contributed by atoms with Crippen molar-refractivity contribution in [1.29, 1.82) is 0 Å². The molecule has 1 aromatic carbocycles. The number of hydrogen-bond acceptors (Lipinski definition) is 5. The van der Waals surface area contributed by atoms with Crippen molar-refractivity contribution in [3.63, 3.8) is 0 Å². The van der Waals surface area contributed by atoms with Gasteiger partial charge in [0, 0.05) is 34.8 Å². The van der Waals surface area contributed by atoms with Gasteiger partial charge in [-0.25, -0.2) is 4.98 Å². The van der Waals surface area contributed by atoms with Crippen LogP contribution in [0.25, 0.3) is 22.2 Å². The van der Waals surface area contributed by atoms with E-state index >= 15 is 0 Å². The molecule has 0 amide bonds. The van der Waals surface area contributed by atoms with E-state index in [-0.39, 0.29) is 17.6 Å². The van der Waals surface area contributed by atoms with Gasteiger partial charge in [0.25, 0.3) is 5.56 Å². The molecule has 0 atom stereocenters. The first-order chi connectivity index (χ1) is 13.0.